The van der Waals surface area contributed by atoms with Crippen molar-refractivity contribution < 1.29 is 0 Å². The van der Waals surface area contributed by atoms with Crippen LogP contribution in [0.4, 0.5) is 0 Å². The summed E-state index contributed by atoms with van der Waals surface area (Å²) in [7, 11) is 0. The second kappa shape index (κ2) is 4.58. The average molecular weight is 221 g/mol. The summed E-state index contributed by atoms with van der Waals surface area (Å²) in [5, 5.41) is 0. The molecule has 1 aliphatic rings. The van der Waals surface area contributed by atoms with Gasteiger partial charge in [0.2, 0.25) is 0 Å². The van der Waals surface area contributed by atoms with Crippen LogP contribution in [0.25, 0.3) is 0 Å². The summed E-state index contributed by atoms with van der Waals surface area (Å²) in [6.07, 6.45) is 10.4. The molecular weight excluding hydrogens is 198 g/mol. The van der Waals surface area contributed by atoms with E-state index in [1.807, 2.05) is 12.4 Å². The third-order valence-corrected chi connectivity index (χ3v) is 4.11. The fourth-order valence-electron chi connectivity index (χ4n) is 2.85. The number of nitrogens with two attached hydrogens (primary N) is 1. The van der Waals surface area contributed by atoms with Crippen LogP contribution in [0.5, 0.6) is 0 Å². The normalized spacial score (nSPS) is 21.9. The minimum absolute atomic E-state index is 0.0859. The van der Waals surface area contributed by atoms with E-state index in [-0.39, 0.29) is 11.5 Å². The highest BCUT2D eigenvalue weighted by molar-refractivity contribution is 5.05. The predicted molar refractivity (Wildman–Crippen MR) is 66.0 cm³/mol. The van der Waals surface area contributed by atoms with Gasteiger partial charge in [0.15, 0.2) is 0 Å². The summed E-state index contributed by atoms with van der Waals surface area (Å²) in [6.45, 7) is 5.42. The number of hydrogen-bond acceptors (Lipinski definition) is 2. The van der Waals surface area contributed by atoms with E-state index in [0.29, 0.717) is 0 Å². The number of imidazole rings is 1. The van der Waals surface area contributed by atoms with E-state index < -0.39 is 0 Å². The molecule has 0 aliphatic heterocycles. The molecular formula is C13H23N3. The summed E-state index contributed by atoms with van der Waals surface area (Å²) >= 11 is 0. The largest absolute Gasteiger partial charge is 0.334 e. The lowest BCUT2D eigenvalue weighted by Gasteiger charge is -2.38. The highest BCUT2D eigenvalue weighted by atomic mass is 15.1. The molecule has 3 heteroatoms. The fraction of sp³-hybridized carbons (Fsp3) is 0.769. The third kappa shape index (κ3) is 2.01. The molecule has 0 amide bonds. The average Bonchev–Trinajstić information content (AvgIpc) is 2.77. The third-order valence-electron chi connectivity index (χ3n) is 4.11. The SMILES string of the molecule is CCn1ccnc1C(N)C1(C)CCCCC1. The second-order valence-corrected chi connectivity index (χ2v) is 5.26. The summed E-state index contributed by atoms with van der Waals surface area (Å²) in [6, 6.07) is 0.0859. The maximum atomic E-state index is 6.44. The smallest absolute Gasteiger partial charge is 0.126 e. The van der Waals surface area contributed by atoms with Crippen molar-refractivity contribution in [2.45, 2.75) is 58.5 Å². The Morgan fingerprint density at radius 3 is 2.75 bits per heavy atom. The van der Waals surface area contributed by atoms with E-state index in [4.69, 9.17) is 5.73 Å². The van der Waals surface area contributed by atoms with Crippen LogP contribution >= 0.6 is 0 Å². The number of nitrogens with zero attached hydrogens (tertiary/aromatic N) is 2. The van der Waals surface area contributed by atoms with Crippen LogP contribution in [0, 0.1) is 5.41 Å². The van der Waals surface area contributed by atoms with Crippen molar-refractivity contribution in [3.8, 4) is 0 Å². The Morgan fingerprint density at radius 2 is 2.12 bits per heavy atom. The van der Waals surface area contributed by atoms with Gasteiger partial charge in [0, 0.05) is 18.9 Å². The van der Waals surface area contributed by atoms with Crippen molar-refractivity contribution in [2.24, 2.45) is 11.1 Å². The molecule has 1 aliphatic carbocycles. The molecule has 0 bridgehead atoms. The highest BCUT2D eigenvalue weighted by Crippen LogP contribution is 2.43. The number of aryl methyl sites for hydroxylation is 1. The zero-order valence-corrected chi connectivity index (χ0v) is 10.4. The summed E-state index contributed by atoms with van der Waals surface area (Å²) < 4.78 is 2.17. The van der Waals surface area contributed by atoms with E-state index in [1.54, 1.807) is 0 Å². The van der Waals surface area contributed by atoms with Crippen molar-refractivity contribution in [1.82, 2.24) is 9.55 Å². The van der Waals surface area contributed by atoms with Crippen molar-refractivity contribution in [2.75, 3.05) is 0 Å². The maximum Gasteiger partial charge on any atom is 0.126 e. The van der Waals surface area contributed by atoms with Crippen LogP contribution in [0.3, 0.4) is 0 Å². The molecule has 0 radical (unpaired) electrons. The first-order chi connectivity index (χ1) is 7.67. The molecule has 1 heterocycles. The molecule has 0 saturated heterocycles. The van der Waals surface area contributed by atoms with Gasteiger partial charge in [0.25, 0.3) is 0 Å². The van der Waals surface area contributed by atoms with Gasteiger partial charge in [-0.05, 0) is 25.2 Å². The van der Waals surface area contributed by atoms with E-state index in [1.165, 1.54) is 32.1 Å². The van der Waals surface area contributed by atoms with Crippen LogP contribution in [0.1, 0.15) is 57.8 Å². The van der Waals surface area contributed by atoms with Gasteiger partial charge < -0.3 is 10.3 Å². The van der Waals surface area contributed by atoms with Crippen LogP contribution < -0.4 is 5.73 Å². The Labute approximate surface area is 98.1 Å². The Kier molecular flexibility index (Phi) is 3.33. The van der Waals surface area contributed by atoms with Crippen molar-refractivity contribution >= 4 is 0 Å². The molecule has 3 nitrogen and oxygen atoms in total. The van der Waals surface area contributed by atoms with Gasteiger partial charge >= 0.3 is 0 Å². The van der Waals surface area contributed by atoms with E-state index in [2.05, 4.69) is 23.4 Å². The molecule has 1 fully saturated rings. The number of aromatic nitrogens is 2. The first kappa shape index (κ1) is 11.6. The van der Waals surface area contributed by atoms with Crippen LogP contribution in [-0.4, -0.2) is 9.55 Å². The molecule has 90 valence electrons. The quantitative estimate of drug-likeness (QED) is 0.853. The van der Waals surface area contributed by atoms with E-state index in [9.17, 15) is 0 Å². The topological polar surface area (TPSA) is 43.8 Å². The van der Waals surface area contributed by atoms with Gasteiger partial charge in [-0.3, -0.25) is 0 Å². The Hall–Kier alpha value is -0.830. The number of rotatable bonds is 3. The zero-order chi connectivity index (χ0) is 11.6. The molecule has 1 aromatic rings. The van der Waals surface area contributed by atoms with Crippen LogP contribution in [0.15, 0.2) is 12.4 Å². The standard InChI is InChI=1S/C13H23N3/c1-3-16-10-9-15-12(16)11(14)13(2)7-5-4-6-8-13/h9-11H,3-8,14H2,1-2H3. The van der Waals surface area contributed by atoms with Crippen LogP contribution in [0.2, 0.25) is 0 Å². The zero-order valence-electron chi connectivity index (χ0n) is 10.4. The molecule has 1 aromatic heterocycles. The molecule has 2 N–H and O–H groups in total. The van der Waals surface area contributed by atoms with Gasteiger partial charge in [-0.2, -0.15) is 0 Å². The Bertz CT molecular complexity index is 337. The van der Waals surface area contributed by atoms with Gasteiger partial charge in [-0.15, -0.1) is 0 Å². The van der Waals surface area contributed by atoms with Gasteiger partial charge in [0.05, 0.1) is 6.04 Å². The monoisotopic (exact) mass is 221 g/mol. The first-order valence-corrected chi connectivity index (χ1v) is 6.44. The lowest BCUT2D eigenvalue weighted by atomic mass is 9.70. The van der Waals surface area contributed by atoms with Crippen molar-refractivity contribution in [3.05, 3.63) is 18.2 Å². The minimum Gasteiger partial charge on any atom is -0.334 e. The molecule has 1 atom stereocenters. The Balaban J connectivity index is 2.20. The van der Waals surface area contributed by atoms with Gasteiger partial charge in [-0.1, -0.05) is 26.2 Å². The number of hydrogen-bond donors (Lipinski definition) is 1. The highest BCUT2D eigenvalue weighted by Gasteiger charge is 2.36. The van der Waals surface area contributed by atoms with Gasteiger partial charge in [0.1, 0.15) is 5.82 Å². The fourth-order valence-corrected chi connectivity index (χ4v) is 2.85. The molecule has 16 heavy (non-hydrogen) atoms. The molecule has 2 rings (SSSR count). The molecule has 1 unspecified atom stereocenters. The summed E-state index contributed by atoms with van der Waals surface area (Å²) in [5.41, 5.74) is 6.69. The Morgan fingerprint density at radius 1 is 1.44 bits per heavy atom. The molecule has 0 aromatic carbocycles. The predicted octanol–water partition coefficient (Wildman–Crippen LogP) is 2.87. The summed E-state index contributed by atoms with van der Waals surface area (Å²) in [5.74, 6) is 1.06. The maximum absolute atomic E-state index is 6.44. The summed E-state index contributed by atoms with van der Waals surface area (Å²) in [4.78, 5) is 4.45. The van der Waals surface area contributed by atoms with Crippen molar-refractivity contribution in [1.29, 1.82) is 0 Å². The lowest BCUT2D eigenvalue weighted by Crippen LogP contribution is -2.35. The lowest BCUT2D eigenvalue weighted by molar-refractivity contribution is 0.162. The minimum atomic E-state index is 0.0859. The first-order valence-electron chi connectivity index (χ1n) is 6.44. The van der Waals surface area contributed by atoms with E-state index >= 15 is 0 Å². The van der Waals surface area contributed by atoms with Crippen molar-refractivity contribution in [3.63, 3.8) is 0 Å². The second-order valence-electron chi connectivity index (χ2n) is 5.26. The van der Waals surface area contributed by atoms with Crippen LogP contribution in [-0.2, 0) is 6.54 Å². The molecule has 1 saturated carbocycles. The van der Waals surface area contributed by atoms with E-state index in [0.717, 1.165) is 12.4 Å². The van der Waals surface area contributed by atoms with Gasteiger partial charge in [-0.25, -0.2) is 4.98 Å². The molecule has 0 spiro atoms.